The van der Waals surface area contributed by atoms with Crippen molar-refractivity contribution < 1.29 is 31.6 Å². The summed E-state index contributed by atoms with van der Waals surface area (Å²) < 4.78 is 33.6. The van der Waals surface area contributed by atoms with Gasteiger partial charge in [-0.2, -0.15) is 8.42 Å². The Bertz CT molecular complexity index is 451. The van der Waals surface area contributed by atoms with Crippen molar-refractivity contribution in [2.24, 2.45) is 0 Å². The van der Waals surface area contributed by atoms with E-state index in [9.17, 15) is 13.2 Å². The quantitative estimate of drug-likeness (QED) is 0.209. The molecule has 7 nitrogen and oxygen atoms in total. The highest BCUT2D eigenvalue weighted by molar-refractivity contribution is 7.71. The van der Waals surface area contributed by atoms with Crippen LogP contribution in [0.4, 0.5) is 0 Å². The van der Waals surface area contributed by atoms with Crippen molar-refractivity contribution in [3.05, 3.63) is 12.2 Å². The first-order valence-electron chi connectivity index (χ1n) is 8.47. The molecule has 0 rings (SSSR count). The minimum atomic E-state index is -2.31. The monoisotopic (exact) mass is 396 g/mol. The summed E-state index contributed by atoms with van der Waals surface area (Å²) in [5, 5.41) is 8.39. The van der Waals surface area contributed by atoms with Crippen LogP contribution < -0.4 is 0 Å². The van der Waals surface area contributed by atoms with Crippen LogP contribution in [0, 0.1) is 0 Å². The Kier molecular flexibility index (Phi) is 22.1. The number of rotatable bonds is 14. The smallest absolute Gasteiger partial charge is 0.481 e. The number of allylic oxidation sites excluding steroid dienone is 1. The molecule has 0 unspecified atom stereocenters. The third-order valence-corrected chi connectivity index (χ3v) is 4.66. The zero-order valence-electron chi connectivity index (χ0n) is 15.5. The Morgan fingerprint density at radius 1 is 1.00 bits per heavy atom. The molecule has 0 aliphatic heterocycles. The molecule has 0 aromatic carbocycles. The summed E-state index contributed by atoms with van der Waals surface area (Å²) >= 11 is 0. The van der Waals surface area contributed by atoms with Gasteiger partial charge in [0.25, 0.3) is 0 Å². The molecule has 0 aromatic rings. The van der Waals surface area contributed by atoms with Crippen LogP contribution in [0.3, 0.4) is 0 Å². The molecule has 0 fully saturated rings. The molecule has 0 spiro atoms. The van der Waals surface area contributed by atoms with Gasteiger partial charge >= 0.3 is 15.5 Å². The molecule has 0 heterocycles. The second-order valence-corrected chi connectivity index (χ2v) is 7.74. The number of hydrogen-bond acceptors (Lipinski definition) is 6. The Balaban J connectivity index is 0. The fourth-order valence-electron chi connectivity index (χ4n) is 1.82. The number of carboxylic acid groups (broad SMARTS) is 1. The fraction of sp³-hybridized carbons (Fsp3) is 0.750. The minimum Gasteiger partial charge on any atom is -0.481 e. The molecule has 0 aliphatic rings. The molecule has 0 bridgehead atoms. The first-order chi connectivity index (χ1) is 12.0. The van der Waals surface area contributed by atoms with Gasteiger partial charge in [0.2, 0.25) is 10.3 Å². The molecule has 1 N–H and O–H groups in total. The Hall–Kier alpha value is -1.00. The van der Waals surface area contributed by atoms with E-state index in [-0.39, 0.29) is 6.42 Å². The second-order valence-electron chi connectivity index (χ2n) is 5.23. The van der Waals surface area contributed by atoms with E-state index in [0.717, 1.165) is 6.42 Å². The van der Waals surface area contributed by atoms with Crippen LogP contribution in [0.2, 0.25) is 0 Å². The van der Waals surface area contributed by atoms with Crippen molar-refractivity contribution in [3.8, 4) is 0 Å². The maximum atomic E-state index is 10.2. The SMILES string of the molecule is CCCCCCCCCC=CCC(=O)O.CO[SiH](OC)OC=S(=O)=O. The summed E-state index contributed by atoms with van der Waals surface area (Å²) in [7, 11) is -1.73. The van der Waals surface area contributed by atoms with Gasteiger partial charge in [-0.15, -0.1) is 0 Å². The number of carbonyl (C=O) groups is 1. The van der Waals surface area contributed by atoms with Gasteiger partial charge in [0.15, 0.2) is 5.55 Å². The van der Waals surface area contributed by atoms with Crippen LogP contribution >= 0.6 is 0 Å². The summed E-state index contributed by atoms with van der Waals surface area (Å²) in [4.78, 5) is 10.2. The van der Waals surface area contributed by atoms with Gasteiger partial charge in [0.1, 0.15) is 0 Å². The van der Waals surface area contributed by atoms with Crippen LogP contribution in [0.15, 0.2) is 12.2 Å². The fourth-order valence-corrected chi connectivity index (χ4v) is 2.96. The first-order valence-corrected chi connectivity index (χ1v) is 11.0. The van der Waals surface area contributed by atoms with Crippen molar-refractivity contribution in [1.29, 1.82) is 0 Å². The number of aliphatic carboxylic acids is 1. The highest BCUT2D eigenvalue weighted by atomic mass is 32.2. The predicted molar refractivity (Wildman–Crippen MR) is 101 cm³/mol. The van der Waals surface area contributed by atoms with E-state index in [1.54, 1.807) is 6.08 Å². The molecule has 0 amide bonds. The Labute approximate surface area is 154 Å². The third kappa shape index (κ3) is 25.4. The lowest BCUT2D eigenvalue weighted by Gasteiger charge is -2.04. The largest absolute Gasteiger partial charge is 0.488 e. The molecule has 25 heavy (non-hydrogen) atoms. The average Bonchev–Trinajstić information content (AvgIpc) is 2.57. The third-order valence-electron chi connectivity index (χ3n) is 3.06. The van der Waals surface area contributed by atoms with E-state index in [1.165, 1.54) is 59.2 Å². The molecule has 0 saturated carbocycles. The summed E-state index contributed by atoms with van der Waals surface area (Å²) in [5.41, 5.74) is 0.657. The topological polar surface area (TPSA) is 99.1 Å². The predicted octanol–water partition coefficient (Wildman–Crippen LogP) is 2.81. The van der Waals surface area contributed by atoms with Gasteiger partial charge in [-0.1, -0.05) is 57.6 Å². The maximum absolute atomic E-state index is 10.2. The van der Waals surface area contributed by atoms with Crippen LogP contribution in [-0.4, -0.2) is 48.8 Å². The highest BCUT2D eigenvalue weighted by Gasteiger charge is 2.08. The van der Waals surface area contributed by atoms with Gasteiger partial charge in [0, 0.05) is 14.2 Å². The summed E-state index contributed by atoms with van der Waals surface area (Å²) in [6.45, 7) is 2.23. The van der Waals surface area contributed by atoms with E-state index in [1.807, 2.05) is 6.08 Å². The average molecular weight is 397 g/mol. The molecule has 0 radical (unpaired) electrons. The summed E-state index contributed by atoms with van der Waals surface area (Å²) in [6.07, 6.45) is 14.1. The Morgan fingerprint density at radius 2 is 1.56 bits per heavy atom. The molecule has 0 aromatic heterocycles. The molecule has 0 saturated heterocycles. The number of unbranched alkanes of at least 4 members (excludes halogenated alkanes) is 7. The van der Waals surface area contributed by atoms with Gasteiger partial charge in [-0.3, -0.25) is 4.79 Å². The summed E-state index contributed by atoms with van der Waals surface area (Å²) in [6, 6.07) is 0. The van der Waals surface area contributed by atoms with Crippen molar-refractivity contribution in [2.75, 3.05) is 14.2 Å². The molecular formula is C16H32O7SSi. The highest BCUT2D eigenvalue weighted by Crippen LogP contribution is 2.08. The van der Waals surface area contributed by atoms with Gasteiger partial charge in [-0.05, 0) is 12.8 Å². The van der Waals surface area contributed by atoms with Gasteiger partial charge in [-0.25, -0.2) is 0 Å². The zero-order chi connectivity index (χ0) is 19.3. The van der Waals surface area contributed by atoms with Crippen molar-refractivity contribution in [3.63, 3.8) is 0 Å². The molecule has 9 heteroatoms. The van der Waals surface area contributed by atoms with E-state index < -0.39 is 25.8 Å². The van der Waals surface area contributed by atoms with Gasteiger partial charge in [0.05, 0.1) is 6.42 Å². The van der Waals surface area contributed by atoms with E-state index >= 15 is 0 Å². The number of hydrogen-bond donors (Lipinski definition) is 1. The molecule has 0 atom stereocenters. The van der Waals surface area contributed by atoms with Crippen LogP contribution in [0.1, 0.15) is 64.7 Å². The Morgan fingerprint density at radius 3 is 2.04 bits per heavy atom. The lowest BCUT2D eigenvalue weighted by molar-refractivity contribution is -0.136. The molecule has 0 aliphatic carbocycles. The van der Waals surface area contributed by atoms with E-state index in [0.29, 0.717) is 5.55 Å². The summed E-state index contributed by atoms with van der Waals surface area (Å²) in [5.74, 6) is -0.745. The number of carboxylic acids is 1. The lowest BCUT2D eigenvalue weighted by Crippen LogP contribution is -2.23. The zero-order valence-corrected chi connectivity index (χ0v) is 17.4. The van der Waals surface area contributed by atoms with Crippen molar-refractivity contribution in [2.45, 2.75) is 64.7 Å². The second kappa shape index (κ2) is 21.0. The van der Waals surface area contributed by atoms with Gasteiger partial charge < -0.3 is 18.4 Å². The minimum absolute atomic E-state index is 0.163. The van der Waals surface area contributed by atoms with Crippen LogP contribution in [0.5, 0.6) is 0 Å². The van der Waals surface area contributed by atoms with E-state index in [4.69, 9.17) is 5.11 Å². The first kappa shape index (κ1) is 26.2. The lowest BCUT2D eigenvalue weighted by atomic mass is 10.1. The standard InChI is InChI=1S/C13H24O2.C3H8O5SSi/c1-2-3-4-5-6-7-8-9-10-11-12-13(14)15;1-6-10(7-2)8-3-9(4)5/h10-11H,2-9,12H2,1H3,(H,14,15);3,10H,1-2H3. The van der Waals surface area contributed by atoms with Crippen LogP contribution in [-0.2, 0) is 28.4 Å². The molecular weight excluding hydrogens is 364 g/mol. The normalized spacial score (nSPS) is 10.6. The van der Waals surface area contributed by atoms with Crippen molar-refractivity contribution >= 4 is 31.3 Å². The maximum Gasteiger partial charge on any atom is 0.488 e. The van der Waals surface area contributed by atoms with E-state index in [2.05, 4.69) is 20.2 Å². The van der Waals surface area contributed by atoms with Crippen LogP contribution in [0.25, 0.3) is 0 Å². The van der Waals surface area contributed by atoms with Crippen molar-refractivity contribution in [1.82, 2.24) is 0 Å². The molecule has 148 valence electrons.